The van der Waals surface area contributed by atoms with Crippen LogP contribution in [0.1, 0.15) is 35.2 Å². The van der Waals surface area contributed by atoms with E-state index >= 15 is 0 Å². The molecule has 0 saturated carbocycles. The zero-order chi connectivity index (χ0) is 15.2. The number of carbonyl (C=O) groups excluding carboxylic acids is 1. The molecule has 1 amide bonds. The van der Waals surface area contributed by atoms with Crippen molar-refractivity contribution in [2.75, 3.05) is 19.6 Å². The van der Waals surface area contributed by atoms with Gasteiger partial charge in [0, 0.05) is 40.6 Å². The van der Waals surface area contributed by atoms with Crippen LogP contribution in [0, 0.1) is 6.92 Å². The topological polar surface area (TPSA) is 60.9 Å². The summed E-state index contributed by atoms with van der Waals surface area (Å²) in [6, 6.07) is 6.96. The van der Waals surface area contributed by atoms with Crippen LogP contribution >= 0.6 is 0 Å². The molecule has 1 fully saturated rings. The predicted octanol–water partition coefficient (Wildman–Crippen LogP) is 1.99. The van der Waals surface area contributed by atoms with Gasteiger partial charge in [-0.05, 0) is 37.0 Å². The number of hydrazine groups is 1. The van der Waals surface area contributed by atoms with E-state index in [1.807, 2.05) is 11.1 Å². The molecule has 1 N–H and O–H groups in total. The fourth-order valence-electron chi connectivity index (χ4n) is 2.61. The normalized spacial score (nSPS) is 15.5. The first-order valence-corrected chi connectivity index (χ1v) is 7.28. The minimum Gasteiger partial charge on any atom is -0.478 e. The van der Waals surface area contributed by atoms with Gasteiger partial charge in [0.2, 0.25) is 5.91 Å². The Kier molecular flexibility index (Phi) is 7.77. The van der Waals surface area contributed by atoms with E-state index in [9.17, 15) is 9.59 Å². The summed E-state index contributed by atoms with van der Waals surface area (Å²) in [6.07, 6.45) is 3.07. The largest absolute Gasteiger partial charge is 0.478 e. The molecule has 22 heavy (non-hydrogen) atoms. The van der Waals surface area contributed by atoms with E-state index in [0.717, 1.165) is 31.4 Å². The van der Waals surface area contributed by atoms with Crippen molar-refractivity contribution in [2.24, 2.45) is 0 Å². The summed E-state index contributed by atoms with van der Waals surface area (Å²) in [5.74, 6) is -0.754. The molecular formula is C16H21N2O3W-. The zero-order valence-electron chi connectivity index (χ0n) is 12.5. The molecule has 1 saturated heterocycles. The molecule has 0 bridgehead atoms. The van der Waals surface area contributed by atoms with Gasteiger partial charge in [0.25, 0.3) is 0 Å². The van der Waals surface area contributed by atoms with Crippen molar-refractivity contribution in [3.05, 3.63) is 42.3 Å². The number of carboxylic acids is 1. The molecule has 0 unspecified atom stereocenters. The third-order valence-corrected chi connectivity index (χ3v) is 3.70. The molecule has 1 aromatic rings. The van der Waals surface area contributed by atoms with Crippen LogP contribution < -0.4 is 0 Å². The van der Waals surface area contributed by atoms with Crippen molar-refractivity contribution in [2.45, 2.75) is 25.7 Å². The monoisotopic (exact) mass is 473 g/mol. The van der Waals surface area contributed by atoms with Crippen LogP contribution in [-0.4, -0.2) is 46.6 Å². The molecule has 2 rings (SSSR count). The van der Waals surface area contributed by atoms with Crippen LogP contribution in [0.5, 0.6) is 0 Å². The second-order valence-corrected chi connectivity index (χ2v) is 5.18. The summed E-state index contributed by atoms with van der Waals surface area (Å²) in [7, 11) is 0. The number of nitrogens with zero attached hydrogens (tertiary/aromatic N) is 2. The number of amides is 1. The number of carbonyl (C=O) groups is 2. The molecule has 0 aliphatic carbocycles. The van der Waals surface area contributed by atoms with Gasteiger partial charge in [-0.25, -0.2) is 9.80 Å². The number of benzene rings is 1. The third kappa shape index (κ3) is 4.92. The molecule has 6 heteroatoms. The van der Waals surface area contributed by atoms with Gasteiger partial charge in [-0.15, -0.1) is 6.54 Å². The van der Waals surface area contributed by atoms with Gasteiger partial charge < -0.3 is 12.0 Å². The number of hydrogen-bond donors (Lipinski definition) is 1. The van der Waals surface area contributed by atoms with Crippen molar-refractivity contribution >= 4 is 11.9 Å². The van der Waals surface area contributed by atoms with Crippen molar-refractivity contribution < 1.29 is 35.8 Å². The SMILES string of the molecule is [CH2-]CN1CCCC(=O)N1CCCc1cccc(C(=O)O)c1.[W]. The van der Waals surface area contributed by atoms with Crippen LogP contribution in [0.4, 0.5) is 0 Å². The molecule has 1 heterocycles. The molecule has 0 aromatic heterocycles. The fraction of sp³-hybridized carbons (Fsp3) is 0.438. The average molecular weight is 473 g/mol. The Morgan fingerprint density at radius 2 is 2.14 bits per heavy atom. The maximum atomic E-state index is 11.9. The smallest absolute Gasteiger partial charge is 0.335 e. The summed E-state index contributed by atoms with van der Waals surface area (Å²) in [5.41, 5.74) is 1.29. The van der Waals surface area contributed by atoms with E-state index in [-0.39, 0.29) is 27.0 Å². The van der Waals surface area contributed by atoms with Crippen molar-refractivity contribution in [1.29, 1.82) is 0 Å². The molecule has 120 valence electrons. The average Bonchev–Trinajstić information content (AvgIpc) is 2.49. The van der Waals surface area contributed by atoms with E-state index in [1.165, 1.54) is 0 Å². The summed E-state index contributed by atoms with van der Waals surface area (Å²) in [4.78, 5) is 22.9. The third-order valence-electron chi connectivity index (χ3n) is 3.70. The first-order valence-electron chi connectivity index (χ1n) is 7.28. The number of hydrogen-bond acceptors (Lipinski definition) is 3. The van der Waals surface area contributed by atoms with E-state index in [2.05, 4.69) is 6.92 Å². The van der Waals surface area contributed by atoms with Gasteiger partial charge in [0.1, 0.15) is 0 Å². The minimum atomic E-state index is -0.911. The van der Waals surface area contributed by atoms with Gasteiger partial charge in [-0.2, -0.15) is 0 Å². The number of aryl methyl sites for hydroxylation is 1. The molecule has 1 aliphatic rings. The van der Waals surface area contributed by atoms with E-state index in [4.69, 9.17) is 5.11 Å². The molecular weight excluding hydrogens is 452 g/mol. The van der Waals surface area contributed by atoms with Gasteiger partial charge in [-0.1, -0.05) is 12.1 Å². The van der Waals surface area contributed by atoms with Crippen LogP contribution in [0.15, 0.2) is 24.3 Å². The molecule has 1 aliphatic heterocycles. The summed E-state index contributed by atoms with van der Waals surface area (Å²) < 4.78 is 0. The van der Waals surface area contributed by atoms with Crippen molar-refractivity contribution in [3.8, 4) is 0 Å². The van der Waals surface area contributed by atoms with Gasteiger partial charge in [0.05, 0.1) is 5.56 Å². The maximum Gasteiger partial charge on any atom is 0.335 e. The van der Waals surface area contributed by atoms with E-state index < -0.39 is 5.97 Å². The maximum absolute atomic E-state index is 11.9. The predicted molar refractivity (Wildman–Crippen MR) is 79.6 cm³/mol. The van der Waals surface area contributed by atoms with Gasteiger partial charge >= 0.3 is 5.97 Å². The van der Waals surface area contributed by atoms with Crippen molar-refractivity contribution in [1.82, 2.24) is 10.0 Å². The Labute approximate surface area is 145 Å². The molecule has 5 nitrogen and oxygen atoms in total. The minimum absolute atomic E-state index is 0. The van der Waals surface area contributed by atoms with Crippen LogP contribution in [0.25, 0.3) is 0 Å². The summed E-state index contributed by atoms with van der Waals surface area (Å²) in [5, 5.41) is 12.7. The zero-order valence-corrected chi connectivity index (χ0v) is 15.5. The molecule has 0 radical (unpaired) electrons. The first-order chi connectivity index (χ1) is 10.1. The fourth-order valence-corrected chi connectivity index (χ4v) is 2.61. The summed E-state index contributed by atoms with van der Waals surface area (Å²) >= 11 is 0. The van der Waals surface area contributed by atoms with Gasteiger partial charge in [0.15, 0.2) is 0 Å². The molecule has 0 spiro atoms. The summed E-state index contributed by atoms with van der Waals surface area (Å²) in [6.45, 7) is 5.99. The Hall–Kier alpha value is -1.19. The molecule has 0 atom stereocenters. The molecule has 1 aromatic carbocycles. The van der Waals surface area contributed by atoms with Crippen LogP contribution in [0.2, 0.25) is 0 Å². The van der Waals surface area contributed by atoms with Crippen molar-refractivity contribution in [3.63, 3.8) is 0 Å². The second kappa shape index (κ2) is 9.06. The number of aromatic carboxylic acids is 1. The van der Waals surface area contributed by atoms with E-state index in [1.54, 1.807) is 23.2 Å². The van der Waals surface area contributed by atoms with Gasteiger partial charge in [-0.3, -0.25) is 9.80 Å². The van der Waals surface area contributed by atoms with E-state index in [0.29, 0.717) is 25.1 Å². The quantitative estimate of drug-likeness (QED) is 0.643. The first kappa shape index (κ1) is 18.9. The van der Waals surface area contributed by atoms with Crippen LogP contribution in [-0.2, 0) is 32.3 Å². The Morgan fingerprint density at radius 3 is 2.82 bits per heavy atom. The Bertz CT molecular complexity index is 522. The second-order valence-electron chi connectivity index (χ2n) is 5.18. The Morgan fingerprint density at radius 1 is 1.36 bits per heavy atom. The number of rotatable bonds is 6. The standard InChI is InChI=1S/C16H21N2O3.W/c1-2-17-10-5-9-15(19)18(17)11-4-7-13-6-3-8-14(12-13)16(20)21;/h3,6,8,12H,1-2,4-5,7,9-11H2,(H,20,21);/q-1;. The Balaban J connectivity index is 0.00000242. The number of carboxylic acid groups (broad SMARTS) is 1. The van der Waals surface area contributed by atoms with Crippen LogP contribution in [0.3, 0.4) is 0 Å².